The second-order valence-corrected chi connectivity index (χ2v) is 7.85. The number of unbranched alkanes of at least 4 members (excludes halogenated alkanes) is 1. The summed E-state index contributed by atoms with van der Waals surface area (Å²) in [6.07, 6.45) is 2.56. The normalized spacial score (nSPS) is 16.3. The molecule has 1 aliphatic rings. The van der Waals surface area contributed by atoms with Gasteiger partial charge in [0.1, 0.15) is 5.75 Å². The molecule has 1 atom stereocenters. The smallest absolute Gasteiger partial charge is 0.257 e. The SMILES string of the molecule is CCCCOc1ccc(-c2nc(C3CC(=O)N(Cc4cccc(C)c4)C3)no2)cc1. The van der Waals surface area contributed by atoms with Crippen LogP contribution in [0.4, 0.5) is 0 Å². The van der Waals surface area contributed by atoms with Gasteiger partial charge < -0.3 is 14.2 Å². The van der Waals surface area contributed by atoms with Gasteiger partial charge >= 0.3 is 0 Å². The van der Waals surface area contributed by atoms with Gasteiger partial charge in [0.05, 0.1) is 6.61 Å². The summed E-state index contributed by atoms with van der Waals surface area (Å²) in [5, 5.41) is 4.15. The van der Waals surface area contributed by atoms with Crippen LogP contribution in [0.25, 0.3) is 11.5 Å². The Bertz CT molecular complexity index is 997. The number of rotatable bonds is 8. The van der Waals surface area contributed by atoms with E-state index in [1.54, 1.807) is 0 Å². The molecule has 30 heavy (non-hydrogen) atoms. The van der Waals surface area contributed by atoms with E-state index in [1.807, 2.05) is 35.2 Å². The van der Waals surface area contributed by atoms with E-state index in [0.29, 0.717) is 31.2 Å². The molecule has 0 N–H and O–H groups in total. The number of likely N-dealkylation sites (tertiary alicyclic amines) is 1. The van der Waals surface area contributed by atoms with Crippen LogP contribution < -0.4 is 4.74 Å². The zero-order valence-electron chi connectivity index (χ0n) is 17.5. The van der Waals surface area contributed by atoms with E-state index in [2.05, 4.69) is 42.2 Å². The van der Waals surface area contributed by atoms with Crippen LogP contribution in [0.5, 0.6) is 5.75 Å². The summed E-state index contributed by atoms with van der Waals surface area (Å²) in [5.74, 6) is 1.97. The molecule has 1 unspecified atom stereocenters. The molecule has 4 rings (SSSR count). The molecule has 1 saturated heterocycles. The van der Waals surface area contributed by atoms with E-state index in [4.69, 9.17) is 9.26 Å². The van der Waals surface area contributed by atoms with Crippen molar-refractivity contribution < 1.29 is 14.1 Å². The van der Waals surface area contributed by atoms with E-state index in [-0.39, 0.29) is 11.8 Å². The molecule has 1 aliphatic heterocycles. The van der Waals surface area contributed by atoms with Crippen molar-refractivity contribution in [3.8, 4) is 17.2 Å². The van der Waals surface area contributed by atoms with Crippen LogP contribution in [0.15, 0.2) is 53.1 Å². The molecule has 1 fully saturated rings. The van der Waals surface area contributed by atoms with E-state index in [9.17, 15) is 4.79 Å². The summed E-state index contributed by atoms with van der Waals surface area (Å²) in [6.45, 7) is 6.13. The molecule has 0 bridgehead atoms. The van der Waals surface area contributed by atoms with Gasteiger partial charge in [-0.05, 0) is 43.2 Å². The van der Waals surface area contributed by atoms with E-state index < -0.39 is 0 Å². The Hall–Kier alpha value is -3.15. The number of benzene rings is 2. The maximum absolute atomic E-state index is 12.5. The van der Waals surface area contributed by atoms with Gasteiger partial charge in [0.15, 0.2) is 5.82 Å². The second kappa shape index (κ2) is 9.11. The van der Waals surface area contributed by atoms with Crippen molar-refractivity contribution in [2.75, 3.05) is 13.2 Å². The van der Waals surface area contributed by atoms with Crippen LogP contribution in [0.3, 0.4) is 0 Å². The lowest BCUT2D eigenvalue weighted by molar-refractivity contribution is -0.128. The van der Waals surface area contributed by atoms with Gasteiger partial charge in [-0.1, -0.05) is 48.3 Å². The lowest BCUT2D eigenvalue weighted by Crippen LogP contribution is -2.24. The average Bonchev–Trinajstić information content (AvgIpc) is 3.36. The molecule has 0 spiro atoms. The fraction of sp³-hybridized carbons (Fsp3) is 0.375. The second-order valence-electron chi connectivity index (χ2n) is 7.85. The summed E-state index contributed by atoms with van der Waals surface area (Å²) < 4.78 is 11.2. The first-order chi connectivity index (χ1) is 14.6. The topological polar surface area (TPSA) is 68.5 Å². The summed E-state index contributed by atoms with van der Waals surface area (Å²) in [6, 6.07) is 15.9. The van der Waals surface area contributed by atoms with Gasteiger partial charge in [-0.2, -0.15) is 4.98 Å². The summed E-state index contributed by atoms with van der Waals surface area (Å²) in [4.78, 5) is 18.9. The number of amides is 1. The van der Waals surface area contributed by atoms with Gasteiger partial charge in [-0.15, -0.1) is 0 Å². The average molecular weight is 405 g/mol. The van der Waals surface area contributed by atoms with Gasteiger partial charge in [-0.3, -0.25) is 4.79 Å². The van der Waals surface area contributed by atoms with Gasteiger partial charge in [0, 0.05) is 31.0 Å². The molecule has 0 saturated carbocycles. The highest BCUT2D eigenvalue weighted by Crippen LogP contribution is 2.29. The number of aromatic nitrogens is 2. The number of hydrogen-bond acceptors (Lipinski definition) is 5. The first-order valence-corrected chi connectivity index (χ1v) is 10.5. The van der Waals surface area contributed by atoms with E-state index in [1.165, 1.54) is 5.56 Å². The molecule has 6 heteroatoms. The number of ether oxygens (including phenoxy) is 1. The zero-order valence-corrected chi connectivity index (χ0v) is 17.5. The standard InChI is InChI=1S/C24H27N3O3/c1-3-4-12-29-21-10-8-19(9-11-21)24-25-23(26-30-24)20-14-22(28)27(16-20)15-18-7-5-6-17(2)13-18/h5-11,13,20H,3-4,12,14-16H2,1-2H3. The quantitative estimate of drug-likeness (QED) is 0.506. The fourth-order valence-electron chi connectivity index (χ4n) is 3.67. The predicted octanol–water partition coefficient (Wildman–Crippen LogP) is 4.74. The van der Waals surface area contributed by atoms with Crippen LogP contribution in [-0.4, -0.2) is 34.1 Å². The van der Waals surface area contributed by atoms with Gasteiger partial charge in [-0.25, -0.2) is 0 Å². The molecule has 3 aromatic rings. The van der Waals surface area contributed by atoms with Crippen LogP contribution in [0.1, 0.15) is 49.1 Å². The monoisotopic (exact) mass is 405 g/mol. The van der Waals surface area contributed by atoms with E-state index >= 15 is 0 Å². The first kappa shape index (κ1) is 20.1. The van der Waals surface area contributed by atoms with Gasteiger partial charge in [0.25, 0.3) is 5.89 Å². The predicted molar refractivity (Wildman–Crippen MR) is 114 cm³/mol. The van der Waals surface area contributed by atoms with E-state index in [0.717, 1.165) is 36.3 Å². The lowest BCUT2D eigenvalue weighted by Gasteiger charge is -2.16. The molecule has 2 heterocycles. The largest absolute Gasteiger partial charge is 0.494 e. The maximum atomic E-state index is 12.5. The fourth-order valence-corrected chi connectivity index (χ4v) is 3.67. The molecular formula is C24H27N3O3. The molecule has 156 valence electrons. The highest BCUT2D eigenvalue weighted by molar-refractivity contribution is 5.79. The minimum absolute atomic E-state index is 0.0449. The molecule has 0 aliphatic carbocycles. The Morgan fingerprint density at radius 2 is 2.03 bits per heavy atom. The molecule has 1 aromatic heterocycles. The number of aryl methyl sites for hydroxylation is 1. The Balaban J connectivity index is 1.39. The number of hydrogen-bond donors (Lipinski definition) is 0. The summed E-state index contributed by atoms with van der Waals surface area (Å²) >= 11 is 0. The highest BCUT2D eigenvalue weighted by atomic mass is 16.5. The number of carbonyl (C=O) groups excluding carboxylic acids is 1. The Kier molecular flexibility index (Phi) is 6.12. The molecule has 2 aromatic carbocycles. The van der Waals surface area contributed by atoms with Gasteiger partial charge in [0.2, 0.25) is 5.91 Å². The molecular weight excluding hydrogens is 378 g/mol. The van der Waals surface area contributed by atoms with Crippen molar-refractivity contribution in [2.24, 2.45) is 0 Å². The number of carbonyl (C=O) groups is 1. The zero-order chi connectivity index (χ0) is 20.9. The Labute approximate surface area is 176 Å². The van der Waals surface area contributed by atoms with Crippen LogP contribution in [0, 0.1) is 6.92 Å². The van der Waals surface area contributed by atoms with Crippen molar-refractivity contribution in [3.63, 3.8) is 0 Å². The van der Waals surface area contributed by atoms with Crippen LogP contribution >= 0.6 is 0 Å². The first-order valence-electron chi connectivity index (χ1n) is 10.5. The third-order valence-corrected chi connectivity index (χ3v) is 5.35. The maximum Gasteiger partial charge on any atom is 0.257 e. The van der Waals surface area contributed by atoms with Crippen LogP contribution in [0.2, 0.25) is 0 Å². The van der Waals surface area contributed by atoms with Crippen molar-refractivity contribution in [3.05, 3.63) is 65.5 Å². The number of nitrogens with zero attached hydrogens (tertiary/aromatic N) is 3. The van der Waals surface area contributed by atoms with Crippen molar-refractivity contribution in [1.29, 1.82) is 0 Å². The Morgan fingerprint density at radius 1 is 1.20 bits per heavy atom. The molecule has 0 radical (unpaired) electrons. The third kappa shape index (κ3) is 4.70. The lowest BCUT2D eigenvalue weighted by atomic mass is 10.1. The molecule has 1 amide bonds. The highest BCUT2D eigenvalue weighted by Gasteiger charge is 2.33. The summed E-state index contributed by atoms with van der Waals surface area (Å²) in [7, 11) is 0. The van der Waals surface area contributed by atoms with Crippen LogP contribution in [-0.2, 0) is 11.3 Å². The minimum atomic E-state index is -0.0449. The minimum Gasteiger partial charge on any atom is -0.494 e. The summed E-state index contributed by atoms with van der Waals surface area (Å²) in [5.41, 5.74) is 3.18. The Morgan fingerprint density at radius 3 is 2.80 bits per heavy atom. The third-order valence-electron chi connectivity index (χ3n) is 5.35. The molecule has 6 nitrogen and oxygen atoms in total. The van der Waals surface area contributed by atoms with Crippen molar-refractivity contribution in [2.45, 2.75) is 45.6 Å². The van der Waals surface area contributed by atoms with Crippen molar-refractivity contribution >= 4 is 5.91 Å². The van der Waals surface area contributed by atoms with Crippen molar-refractivity contribution in [1.82, 2.24) is 15.0 Å².